The summed E-state index contributed by atoms with van der Waals surface area (Å²) in [6.45, 7) is 8.00. The van der Waals surface area contributed by atoms with Crippen LogP contribution in [0.25, 0.3) is 0 Å². The standard InChI is InChI=1S/C18H24FNO2/c1-10(2)14-16(12-6-8-13(19)9-7-12)15(11(3)4)18(22)20(5)17(14)21/h6-11,14-16H,1-5H3/t14-,15+,16+. The summed E-state index contributed by atoms with van der Waals surface area (Å²) in [5.74, 6) is -1.08. The Bertz CT molecular complexity index is 537. The number of hydrogen-bond acceptors (Lipinski definition) is 2. The Hall–Kier alpha value is -1.71. The molecule has 1 heterocycles. The molecule has 2 rings (SSSR count). The van der Waals surface area contributed by atoms with Crippen LogP contribution in [0.5, 0.6) is 0 Å². The van der Waals surface area contributed by atoms with Crippen LogP contribution in [-0.2, 0) is 9.59 Å². The molecular formula is C18H24FNO2. The number of benzene rings is 1. The average Bonchev–Trinajstić information content (AvgIpc) is 2.44. The van der Waals surface area contributed by atoms with Gasteiger partial charge < -0.3 is 0 Å². The number of rotatable bonds is 3. The number of imide groups is 1. The van der Waals surface area contributed by atoms with Crippen molar-refractivity contribution in [2.75, 3.05) is 7.05 Å². The molecule has 0 radical (unpaired) electrons. The zero-order valence-corrected chi connectivity index (χ0v) is 13.8. The van der Waals surface area contributed by atoms with Gasteiger partial charge in [-0.1, -0.05) is 39.8 Å². The first-order valence-electron chi connectivity index (χ1n) is 7.82. The van der Waals surface area contributed by atoms with E-state index in [1.165, 1.54) is 17.0 Å². The molecule has 0 aliphatic carbocycles. The maximum atomic E-state index is 13.2. The van der Waals surface area contributed by atoms with Crippen molar-refractivity contribution >= 4 is 11.8 Å². The Morgan fingerprint density at radius 1 is 0.909 bits per heavy atom. The highest BCUT2D eigenvalue weighted by Gasteiger charge is 2.49. The molecule has 1 aliphatic heterocycles. The number of carbonyl (C=O) groups is 2. The van der Waals surface area contributed by atoms with Crippen LogP contribution in [0.4, 0.5) is 4.39 Å². The fourth-order valence-corrected chi connectivity index (χ4v) is 3.59. The minimum atomic E-state index is -0.309. The molecule has 1 saturated heterocycles. The molecule has 0 bridgehead atoms. The predicted molar refractivity (Wildman–Crippen MR) is 83.6 cm³/mol. The zero-order chi connectivity index (χ0) is 16.6. The van der Waals surface area contributed by atoms with Gasteiger partial charge >= 0.3 is 0 Å². The van der Waals surface area contributed by atoms with Crippen LogP contribution in [0.1, 0.15) is 39.2 Å². The Morgan fingerprint density at radius 2 is 1.32 bits per heavy atom. The molecule has 3 atom stereocenters. The monoisotopic (exact) mass is 305 g/mol. The molecular weight excluding hydrogens is 281 g/mol. The van der Waals surface area contributed by atoms with Gasteiger partial charge in [-0.15, -0.1) is 0 Å². The van der Waals surface area contributed by atoms with Crippen LogP contribution >= 0.6 is 0 Å². The van der Waals surface area contributed by atoms with Gasteiger partial charge in [-0.2, -0.15) is 0 Å². The molecule has 0 N–H and O–H groups in total. The molecule has 22 heavy (non-hydrogen) atoms. The van der Waals surface area contributed by atoms with E-state index in [-0.39, 0.29) is 47.2 Å². The highest BCUT2D eigenvalue weighted by atomic mass is 19.1. The molecule has 0 saturated carbocycles. The van der Waals surface area contributed by atoms with Gasteiger partial charge in [-0.25, -0.2) is 4.39 Å². The largest absolute Gasteiger partial charge is 0.285 e. The van der Waals surface area contributed by atoms with Crippen LogP contribution in [0.15, 0.2) is 24.3 Å². The summed E-state index contributed by atoms with van der Waals surface area (Å²) >= 11 is 0. The summed E-state index contributed by atoms with van der Waals surface area (Å²) in [5, 5.41) is 0. The molecule has 0 unspecified atom stereocenters. The Morgan fingerprint density at radius 3 is 1.68 bits per heavy atom. The lowest BCUT2D eigenvalue weighted by atomic mass is 9.65. The van der Waals surface area contributed by atoms with Gasteiger partial charge in [0.25, 0.3) is 0 Å². The van der Waals surface area contributed by atoms with Gasteiger partial charge in [-0.05, 0) is 29.5 Å². The summed E-state index contributed by atoms with van der Waals surface area (Å²) in [7, 11) is 1.57. The second-order valence-corrected chi connectivity index (χ2v) is 6.85. The molecule has 0 aromatic heterocycles. The number of hydrogen-bond donors (Lipinski definition) is 0. The van der Waals surface area contributed by atoms with Crippen molar-refractivity contribution in [3.8, 4) is 0 Å². The maximum Gasteiger partial charge on any atom is 0.232 e. The molecule has 1 aromatic carbocycles. The van der Waals surface area contributed by atoms with E-state index in [0.29, 0.717) is 0 Å². The highest BCUT2D eigenvalue weighted by molar-refractivity contribution is 6.01. The lowest BCUT2D eigenvalue weighted by Gasteiger charge is -2.44. The van der Waals surface area contributed by atoms with E-state index >= 15 is 0 Å². The Labute approximate surface area is 131 Å². The van der Waals surface area contributed by atoms with Crippen LogP contribution in [-0.4, -0.2) is 23.8 Å². The van der Waals surface area contributed by atoms with Gasteiger partial charge in [0.15, 0.2) is 0 Å². The quantitative estimate of drug-likeness (QED) is 0.802. The number of carbonyl (C=O) groups excluding carboxylic acids is 2. The molecule has 120 valence electrons. The number of likely N-dealkylation sites (tertiary alicyclic amines) is 1. The molecule has 0 spiro atoms. The first-order chi connectivity index (χ1) is 10.3. The fourth-order valence-electron chi connectivity index (χ4n) is 3.59. The molecule has 3 nitrogen and oxygen atoms in total. The molecule has 4 heteroatoms. The summed E-state index contributed by atoms with van der Waals surface area (Å²) in [6, 6.07) is 6.21. The van der Waals surface area contributed by atoms with E-state index in [2.05, 4.69) is 0 Å². The normalized spacial score (nSPS) is 26.2. The first-order valence-corrected chi connectivity index (χ1v) is 7.82. The van der Waals surface area contributed by atoms with E-state index < -0.39 is 0 Å². The van der Waals surface area contributed by atoms with E-state index in [4.69, 9.17) is 0 Å². The fraction of sp³-hybridized carbons (Fsp3) is 0.556. The van der Waals surface area contributed by atoms with Crippen molar-refractivity contribution in [2.45, 2.75) is 33.6 Å². The lowest BCUT2D eigenvalue weighted by molar-refractivity contribution is -0.158. The average molecular weight is 305 g/mol. The van der Waals surface area contributed by atoms with Crippen LogP contribution in [0.2, 0.25) is 0 Å². The topological polar surface area (TPSA) is 37.4 Å². The Balaban J connectivity index is 2.56. The van der Waals surface area contributed by atoms with Crippen LogP contribution in [0.3, 0.4) is 0 Å². The molecule has 1 aromatic rings. The second kappa shape index (κ2) is 6.19. The highest BCUT2D eigenvalue weighted by Crippen LogP contribution is 2.44. The summed E-state index contributed by atoms with van der Waals surface area (Å²) in [5.41, 5.74) is 0.869. The van der Waals surface area contributed by atoms with Gasteiger partial charge in [0, 0.05) is 24.8 Å². The zero-order valence-electron chi connectivity index (χ0n) is 13.8. The van der Waals surface area contributed by atoms with Crippen molar-refractivity contribution in [3.05, 3.63) is 35.6 Å². The minimum Gasteiger partial charge on any atom is -0.285 e. The van der Waals surface area contributed by atoms with Gasteiger partial charge in [0.1, 0.15) is 5.82 Å². The van der Waals surface area contributed by atoms with E-state index in [1.807, 2.05) is 27.7 Å². The van der Waals surface area contributed by atoms with E-state index in [0.717, 1.165) is 5.56 Å². The molecule has 1 fully saturated rings. The summed E-state index contributed by atoms with van der Waals surface area (Å²) in [4.78, 5) is 26.5. The van der Waals surface area contributed by atoms with Crippen molar-refractivity contribution in [3.63, 3.8) is 0 Å². The third-order valence-corrected chi connectivity index (χ3v) is 4.70. The Kier molecular flexibility index (Phi) is 4.69. The van der Waals surface area contributed by atoms with Crippen molar-refractivity contribution in [1.29, 1.82) is 0 Å². The van der Waals surface area contributed by atoms with Crippen molar-refractivity contribution in [2.24, 2.45) is 23.7 Å². The number of nitrogens with zero attached hydrogens (tertiary/aromatic N) is 1. The SMILES string of the molecule is CC(C)[C@H]1C(=O)N(C)C(=O)[C@@H](C(C)C)[C@H]1c1ccc(F)cc1. The second-order valence-electron chi connectivity index (χ2n) is 6.85. The van der Waals surface area contributed by atoms with Crippen molar-refractivity contribution in [1.82, 2.24) is 4.90 Å². The molecule has 1 aliphatic rings. The van der Waals surface area contributed by atoms with E-state index in [9.17, 15) is 14.0 Å². The first kappa shape index (κ1) is 16.7. The smallest absolute Gasteiger partial charge is 0.232 e. The van der Waals surface area contributed by atoms with Crippen LogP contribution < -0.4 is 0 Å². The third kappa shape index (κ3) is 2.79. The summed E-state index contributed by atoms with van der Waals surface area (Å²) < 4.78 is 13.2. The van der Waals surface area contributed by atoms with Gasteiger partial charge in [-0.3, -0.25) is 14.5 Å². The number of halogens is 1. The van der Waals surface area contributed by atoms with Gasteiger partial charge in [0.2, 0.25) is 11.8 Å². The van der Waals surface area contributed by atoms with Crippen LogP contribution in [0, 0.1) is 29.5 Å². The minimum absolute atomic E-state index is 0.111. The maximum absolute atomic E-state index is 13.2. The predicted octanol–water partition coefficient (Wildman–Crippen LogP) is 3.45. The van der Waals surface area contributed by atoms with Crippen molar-refractivity contribution < 1.29 is 14.0 Å². The number of piperidine rings is 1. The number of amides is 2. The lowest BCUT2D eigenvalue weighted by Crippen LogP contribution is -2.54. The van der Waals surface area contributed by atoms with E-state index in [1.54, 1.807) is 19.2 Å². The van der Waals surface area contributed by atoms with Gasteiger partial charge in [0.05, 0.1) is 0 Å². The molecule has 2 amide bonds. The third-order valence-electron chi connectivity index (χ3n) is 4.70. The summed E-state index contributed by atoms with van der Waals surface area (Å²) in [6.07, 6.45) is 0.